The van der Waals surface area contributed by atoms with Crippen molar-refractivity contribution in [1.29, 1.82) is 0 Å². The lowest BCUT2D eigenvalue weighted by Crippen LogP contribution is -2.52. The Bertz CT molecular complexity index is 340. The first-order chi connectivity index (χ1) is 8.74. The van der Waals surface area contributed by atoms with E-state index in [0.29, 0.717) is 24.7 Å². The molecule has 102 valence electrons. The molecule has 2 N–H and O–H groups in total. The predicted octanol–water partition coefficient (Wildman–Crippen LogP) is 1.65. The van der Waals surface area contributed by atoms with E-state index in [-0.39, 0.29) is 0 Å². The van der Waals surface area contributed by atoms with Crippen LogP contribution in [0.25, 0.3) is 0 Å². The van der Waals surface area contributed by atoms with Crippen LogP contribution in [0.1, 0.15) is 25.5 Å². The zero-order chi connectivity index (χ0) is 13.0. The molecule has 0 aromatic carbocycles. The molecule has 1 aromatic heterocycles. The van der Waals surface area contributed by atoms with Gasteiger partial charge in [0, 0.05) is 38.7 Å². The van der Waals surface area contributed by atoms with E-state index >= 15 is 0 Å². The summed E-state index contributed by atoms with van der Waals surface area (Å²) in [4.78, 5) is 2.50. The Labute approximate surface area is 109 Å². The van der Waals surface area contributed by atoms with Gasteiger partial charge < -0.3 is 14.9 Å². The number of rotatable bonds is 5. The molecular weight excluding hydrogens is 228 g/mol. The molecule has 1 aromatic rings. The van der Waals surface area contributed by atoms with Gasteiger partial charge in [0.1, 0.15) is 5.76 Å². The van der Waals surface area contributed by atoms with E-state index in [4.69, 9.17) is 14.9 Å². The van der Waals surface area contributed by atoms with Crippen LogP contribution in [0.5, 0.6) is 0 Å². The summed E-state index contributed by atoms with van der Waals surface area (Å²) in [6, 6.07) is 4.87. The van der Waals surface area contributed by atoms with Gasteiger partial charge in [-0.1, -0.05) is 0 Å². The molecule has 0 aliphatic carbocycles. The van der Waals surface area contributed by atoms with Gasteiger partial charge in [-0.15, -0.1) is 0 Å². The third-order valence-electron chi connectivity index (χ3n) is 3.96. The summed E-state index contributed by atoms with van der Waals surface area (Å²) >= 11 is 0. The number of furan rings is 1. The van der Waals surface area contributed by atoms with Crippen LogP contribution in [0.15, 0.2) is 22.8 Å². The van der Waals surface area contributed by atoms with Crippen molar-refractivity contribution in [2.75, 3.05) is 20.2 Å². The maximum atomic E-state index is 5.90. The highest BCUT2D eigenvalue weighted by atomic mass is 16.5. The molecule has 0 spiro atoms. The average Bonchev–Trinajstić information content (AvgIpc) is 2.90. The Balaban J connectivity index is 1.94. The van der Waals surface area contributed by atoms with Gasteiger partial charge in [-0.25, -0.2) is 0 Å². The van der Waals surface area contributed by atoms with Crippen molar-refractivity contribution < 1.29 is 9.15 Å². The van der Waals surface area contributed by atoms with E-state index in [9.17, 15) is 0 Å². The smallest absolute Gasteiger partial charge is 0.105 e. The minimum absolute atomic E-state index is 0.366. The molecule has 0 bridgehead atoms. The lowest BCUT2D eigenvalue weighted by molar-refractivity contribution is -0.00174. The summed E-state index contributed by atoms with van der Waals surface area (Å²) in [6.45, 7) is 4.00. The number of methoxy groups -OCH3 is 1. The van der Waals surface area contributed by atoms with Crippen molar-refractivity contribution >= 4 is 0 Å². The van der Waals surface area contributed by atoms with Crippen LogP contribution in [0.2, 0.25) is 0 Å². The van der Waals surface area contributed by atoms with Crippen molar-refractivity contribution in [3.8, 4) is 0 Å². The van der Waals surface area contributed by atoms with Crippen molar-refractivity contribution in [1.82, 2.24) is 4.90 Å². The molecule has 1 aliphatic rings. The Kier molecular flexibility index (Phi) is 4.80. The molecule has 1 fully saturated rings. The van der Waals surface area contributed by atoms with Crippen LogP contribution in [-0.2, 0) is 11.2 Å². The number of hydrogen-bond donors (Lipinski definition) is 1. The Morgan fingerprint density at radius 1 is 1.61 bits per heavy atom. The standard InChI is InChI=1S/C14H24N2O2/c1-11(8-14-4-3-7-18-14)16-6-5-13(17-2)9-12(16)10-15/h3-4,7,11-13H,5-6,8-10,15H2,1-2H3. The second-order valence-corrected chi connectivity index (χ2v) is 5.14. The SMILES string of the molecule is COC1CCN(C(C)Cc2ccco2)C(CN)C1. The number of nitrogens with two attached hydrogens (primary N) is 1. The molecular formula is C14H24N2O2. The quantitative estimate of drug-likeness (QED) is 0.865. The highest BCUT2D eigenvalue weighted by Crippen LogP contribution is 2.23. The fraction of sp³-hybridized carbons (Fsp3) is 0.714. The third-order valence-corrected chi connectivity index (χ3v) is 3.96. The molecule has 3 atom stereocenters. The molecule has 1 aliphatic heterocycles. The minimum atomic E-state index is 0.366. The van der Waals surface area contributed by atoms with E-state index in [1.54, 1.807) is 13.4 Å². The first kappa shape index (κ1) is 13.6. The van der Waals surface area contributed by atoms with Crippen LogP contribution in [0.4, 0.5) is 0 Å². The second kappa shape index (κ2) is 6.36. The van der Waals surface area contributed by atoms with E-state index in [0.717, 1.165) is 31.6 Å². The number of ether oxygens (including phenoxy) is 1. The van der Waals surface area contributed by atoms with Crippen molar-refractivity contribution in [2.45, 2.75) is 44.4 Å². The van der Waals surface area contributed by atoms with E-state index < -0.39 is 0 Å². The van der Waals surface area contributed by atoms with Crippen LogP contribution in [0.3, 0.4) is 0 Å². The van der Waals surface area contributed by atoms with Gasteiger partial charge in [0.25, 0.3) is 0 Å². The van der Waals surface area contributed by atoms with Gasteiger partial charge in [-0.3, -0.25) is 4.90 Å². The maximum absolute atomic E-state index is 5.90. The molecule has 18 heavy (non-hydrogen) atoms. The zero-order valence-electron chi connectivity index (χ0n) is 11.3. The lowest BCUT2D eigenvalue weighted by Gasteiger charge is -2.41. The van der Waals surface area contributed by atoms with Gasteiger partial charge in [0.05, 0.1) is 12.4 Å². The summed E-state index contributed by atoms with van der Waals surface area (Å²) in [6.07, 6.45) is 5.18. The van der Waals surface area contributed by atoms with Crippen molar-refractivity contribution in [2.24, 2.45) is 5.73 Å². The zero-order valence-corrected chi connectivity index (χ0v) is 11.3. The molecule has 2 rings (SSSR count). The number of piperidine rings is 1. The summed E-state index contributed by atoms with van der Waals surface area (Å²) in [5, 5.41) is 0. The Morgan fingerprint density at radius 3 is 3.06 bits per heavy atom. The van der Waals surface area contributed by atoms with Crippen LogP contribution < -0.4 is 5.73 Å². The molecule has 3 unspecified atom stereocenters. The van der Waals surface area contributed by atoms with E-state index in [1.807, 2.05) is 12.1 Å². The molecule has 1 saturated heterocycles. The van der Waals surface area contributed by atoms with Gasteiger partial charge in [-0.05, 0) is 31.9 Å². The van der Waals surface area contributed by atoms with E-state index in [1.165, 1.54) is 0 Å². The Morgan fingerprint density at radius 2 is 2.44 bits per heavy atom. The van der Waals surface area contributed by atoms with Gasteiger partial charge >= 0.3 is 0 Å². The van der Waals surface area contributed by atoms with Gasteiger partial charge in [-0.2, -0.15) is 0 Å². The maximum Gasteiger partial charge on any atom is 0.105 e. The minimum Gasteiger partial charge on any atom is -0.469 e. The average molecular weight is 252 g/mol. The fourth-order valence-electron chi connectivity index (χ4n) is 2.90. The predicted molar refractivity (Wildman–Crippen MR) is 71.5 cm³/mol. The molecule has 4 nitrogen and oxygen atoms in total. The number of hydrogen-bond acceptors (Lipinski definition) is 4. The summed E-state index contributed by atoms with van der Waals surface area (Å²) in [5.41, 5.74) is 5.90. The van der Waals surface area contributed by atoms with Gasteiger partial charge in [0.15, 0.2) is 0 Å². The third kappa shape index (κ3) is 3.13. The number of likely N-dealkylation sites (tertiary alicyclic amines) is 1. The van der Waals surface area contributed by atoms with E-state index in [2.05, 4.69) is 11.8 Å². The summed E-state index contributed by atoms with van der Waals surface area (Å²) in [7, 11) is 1.79. The highest BCUT2D eigenvalue weighted by molar-refractivity contribution is 5.01. The van der Waals surface area contributed by atoms with Crippen molar-refractivity contribution in [3.63, 3.8) is 0 Å². The van der Waals surface area contributed by atoms with Crippen molar-refractivity contribution in [3.05, 3.63) is 24.2 Å². The highest BCUT2D eigenvalue weighted by Gasteiger charge is 2.30. The van der Waals surface area contributed by atoms with Crippen LogP contribution >= 0.6 is 0 Å². The fourth-order valence-corrected chi connectivity index (χ4v) is 2.90. The molecule has 2 heterocycles. The molecule has 0 radical (unpaired) electrons. The molecule has 0 saturated carbocycles. The molecule has 4 heteroatoms. The van der Waals surface area contributed by atoms with Crippen LogP contribution in [-0.4, -0.2) is 43.3 Å². The largest absolute Gasteiger partial charge is 0.469 e. The number of nitrogens with zero attached hydrogens (tertiary/aromatic N) is 1. The normalized spacial score (nSPS) is 27.3. The second-order valence-electron chi connectivity index (χ2n) is 5.14. The lowest BCUT2D eigenvalue weighted by atomic mass is 9.96. The topological polar surface area (TPSA) is 51.6 Å². The first-order valence-electron chi connectivity index (χ1n) is 6.75. The Hall–Kier alpha value is -0.840. The summed E-state index contributed by atoms with van der Waals surface area (Å²) < 4.78 is 10.9. The molecule has 0 amide bonds. The first-order valence-corrected chi connectivity index (χ1v) is 6.75. The van der Waals surface area contributed by atoms with Crippen LogP contribution in [0, 0.1) is 0 Å². The monoisotopic (exact) mass is 252 g/mol. The van der Waals surface area contributed by atoms with Gasteiger partial charge in [0.2, 0.25) is 0 Å². The summed E-state index contributed by atoms with van der Waals surface area (Å²) in [5.74, 6) is 1.05.